The SMILES string of the molecule is C=C(C)CN(CCOCCO)CCC(=O)O. The summed E-state index contributed by atoms with van der Waals surface area (Å²) >= 11 is 0. The number of aliphatic carboxylic acids is 1. The fourth-order valence-corrected chi connectivity index (χ4v) is 1.27. The summed E-state index contributed by atoms with van der Waals surface area (Å²) in [5.74, 6) is -0.803. The monoisotopic (exact) mass is 231 g/mol. The molecule has 0 aromatic carbocycles. The van der Waals surface area contributed by atoms with Crippen LogP contribution in [-0.4, -0.2) is 60.5 Å². The lowest BCUT2D eigenvalue weighted by Crippen LogP contribution is -2.31. The van der Waals surface area contributed by atoms with E-state index in [1.165, 1.54) is 0 Å². The van der Waals surface area contributed by atoms with E-state index < -0.39 is 5.97 Å². The molecule has 0 saturated heterocycles. The molecule has 0 amide bonds. The maximum Gasteiger partial charge on any atom is 0.304 e. The summed E-state index contributed by atoms with van der Waals surface area (Å²) in [6.07, 6.45) is 0.118. The molecular formula is C11H21NO4. The van der Waals surface area contributed by atoms with E-state index in [1.807, 2.05) is 11.8 Å². The Morgan fingerprint density at radius 1 is 1.38 bits per heavy atom. The molecule has 0 spiro atoms. The van der Waals surface area contributed by atoms with Gasteiger partial charge in [-0.2, -0.15) is 0 Å². The van der Waals surface area contributed by atoms with Crippen molar-refractivity contribution in [1.29, 1.82) is 0 Å². The van der Waals surface area contributed by atoms with Gasteiger partial charge in [-0.1, -0.05) is 12.2 Å². The molecule has 0 unspecified atom stereocenters. The number of aliphatic hydroxyl groups excluding tert-OH is 1. The molecule has 5 heteroatoms. The fourth-order valence-electron chi connectivity index (χ4n) is 1.27. The second-order valence-electron chi connectivity index (χ2n) is 3.71. The molecule has 0 rings (SSSR count). The Morgan fingerprint density at radius 2 is 2.06 bits per heavy atom. The van der Waals surface area contributed by atoms with E-state index in [2.05, 4.69) is 6.58 Å². The van der Waals surface area contributed by atoms with Crippen LogP contribution in [0.5, 0.6) is 0 Å². The standard InChI is InChI=1S/C11H21NO4/c1-10(2)9-12(4-3-11(14)15)5-7-16-8-6-13/h13H,1,3-9H2,2H3,(H,14,15). The van der Waals surface area contributed by atoms with Gasteiger partial charge in [-0.3, -0.25) is 9.69 Å². The van der Waals surface area contributed by atoms with Gasteiger partial charge < -0.3 is 14.9 Å². The number of carboxylic acids is 1. The minimum atomic E-state index is -0.803. The molecule has 0 radical (unpaired) electrons. The van der Waals surface area contributed by atoms with E-state index in [-0.39, 0.29) is 13.0 Å². The maximum absolute atomic E-state index is 10.5. The summed E-state index contributed by atoms with van der Waals surface area (Å²) in [7, 11) is 0. The molecular weight excluding hydrogens is 210 g/mol. The van der Waals surface area contributed by atoms with Crippen LogP contribution in [0.4, 0.5) is 0 Å². The van der Waals surface area contributed by atoms with Crippen molar-refractivity contribution < 1.29 is 19.7 Å². The van der Waals surface area contributed by atoms with Crippen LogP contribution in [-0.2, 0) is 9.53 Å². The Balaban J connectivity index is 3.80. The molecule has 0 fully saturated rings. The summed E-state index contributed by atoms with van der Waals surface area (Å²) in [6.45, 7) is 8.34. The van der Waals surface area contributed by atoms with Crippen LogP contribution in [0.25, 0.3) is 0 Å². The largest absolute Gasteiger partial charge is 0.481 e. The molecule has 0 aliphatic rings. The highest BCUT2D eigenvalue weighted by Crippen LogP contribution is 1.98. The predicted molar refractivity (Wildman–Crippen MR) is 61.4 cm³/mol. The number of carbonyl (C=O) groups is 1. The van der Waals surface area contributed by atoms with E-state index in [0.29, 0.717) is 32.8 Å². The molecule has 2 N–H and O–H groups in total. The summed E-state index contributed by atoms with van der Waals surface area (Å²) < 4.78 is 5.13. The molecule has 0 aromatic rings. The highest BCUT2D eigenvalue weighted by Gasteiger charge is 2.07. The molecule has 94 valence electrons. The normalized spacial score (nSPS) is 10.7. The van der Waals surface area contributed by atoms with Crippen LogP contribution < -0.4 is 0 Å². The first-order valence-electron chi connectivity index (χ1n) is 5.33. The second kappa shape index (κ2) is 9.33. The third kappa shape index (κ3) is 9.64. The molecule has 0 aliphatic carbocycles. The third-order valence-electron chi connectivity index (χ3n) is 1.92. The zero-order chi connectivity index (χ0) is 12.4. The Labute approximate surface area is 96.3 Å². The Hall–Kier alpha value is -0.910. The number of carboxylic acid groups (broad SMARTS) is 1. The number of ether oxygens (including phenoxy) is 1. The van der Waals surface area contributed by atoms with Gasteiger partial charge in [-0.15, -0.1) is 0 Å². The van der Waals surface area contributed by atoms with Gasteiger partial charge in [0.25, 0.3) is 0 Å². The van der Waals surface area contributed by atoms with Crippen LogP contribution in [0, 0.1) is 0 Å². The van der Waals surface area contributed by atoms with Crippen molar-refractivity contribution in [3.8, 4) is 0 Å². The molecule has 0 aromatic heterocycles. The predicted octanol–water partition coefficient (Wildman–Crippen LogP) is 0.348. The Bertz CT molecular complexity index is 218. The van der Waals surface area contributed by atoms with E-state index in [4.69, 9.17) is 14.9 Å². The first-order chi connectivity index (χ1) is 7.56. The van der Waals surface area contributed by atoms with Crippen LogP contribution >= 0.6 is 0 Å². The van der Waals surface area contributed by atoms with Crippen molar-refractivity contribution in [3.05, 3.63) is 12.2 Å². The van der Waals surface area contributed by atoms with E-state index >= 15 is 0 Å². The highest BCUT2D eigenvalue weighted by molar-refractivity contribution is 5.66. The van der Waals surface area contributed by atoms with Crippen molar-refractivity contribution in [2.75, 3.05) is 39.5 Å². The Morgan fingerprint density at radius 3 is 2.56 bits per heavy atom. The van der Waals surface area contributed by atoms with Crippen molar-refractivity contribution >= 4 is 5.97 Å². The summed E-state index contributed by atoms with van der Waals surface area (Å²) in [5.41, 5.74) is 0.993. The number of aliphatic hydroxyl groups is 1. The van der Waals surface area contributed by atoms with Crippen molar-refractivity contribution in [2.45, 2.75) is 13.3 Å². The number of nitrogens with zero attached hydrogens (tertiary/aromatic N) is 1. The quantitative estimate of drug-likeness (QED) is 0.419. The van der Waals surface area contributed by atoms with Crippen molar-refractivity contribution in [2.24, 2.45) is 0 Å². The lowest BCUT2D eigenvalue weighted by molar-refractivity contribution is -0.137. The molecule has 0 heterocycles. The minimum absolute atomic E-state index is 0.00954. The van der Waals surface area contributed by atoms with Gasteiger partial charge >= 0.3 is 5.97 Å². The molecule has 0 aliphatic heterocycles. The molecule has 0 bridgehead atoms. The van der Waals surface area contributed by atoms with E-state index in [1.54, 1.807) is 0 Å². The van der Waals surface area contributed by atoms with Crippen LogP contribution in [0.2, 0.25) is 0 Å². The van der Waals surface area contributed by atoms with Crippen molar-refractivity contribution in [3.63, 3.8) is 0 Å². The zero-order valence-corrected chi connectivity index (χ0v) is 9.81. The zero-order valence-electron chi connectivity index (χ0n) is 9.81. The van der Waals surface area contributed by atoms with Crippen molar-refractivity contribution in [1.82, 2.24) is 4.90 Å². The lowest BCUT2D eigenvalue weighted by atomic mass is 10.3. The first-order valence-corrected chi connectivity index (χ1v) is 5.33. The van der Waals surface area contributed by atoms with Crippen LogP contribution in [0.15, 0.2) is 12.2 Å². The summed E-state index contributed by atoms with van der Waals surface area (Å²) in [6, 6.07) is 0. The Kier molecular flexibility index (Phi) is 8.80. The lowest BCUT2D eigenvalue weighted by Gasteiger charge is -2.21. The van der Waals surface area contributed by atoms with Gasteiger partial charge in [0.15, 0.2) is 0 Å². The molecule has 0 saturated carbocycles. The van der Waals surface area contributed by atoms with Gasteiger partial charge in [-0.05, 0) is 6.92 Å². The average Bonchev–Trinajstić information content (AvgIpc) is 2.19. The summed E-state index contributed by atoms with van der Waals surface area (Å²) in [4.78, 5) is 12.4. The molecule has 16 heavy (non-hydrogen) atoms. The number of hydrogen-bond donors (Lipinski definition) is 2. The topological polar surface area (TPSA) is 70.0 Å². The van der Waals surface area contributed by atoms with Crippen LogP contribution in [0.1, 0.15) is 13.3 Å². The van der Waals surface area contributed by atoms with Crippen LogP contribution in [0.3, 0.4) is 0 Å². The summed E-state index contributed by atoms with van der Waals surface area (Å²) in [5, 5.41) is 17.1. The van der Waals surface area contributed by atoms with Gasteiger partial charge in [0.05, 0.1) is 26.2 Å². The number of rotatable bonds is 10. The van der Waals surface area contributed by atoms with Gasteiger partial charge in [-0.25, -0.2) is 0 Å². The van der Waals surface area contributed by atoms with E-state index in [9.17, 15) is 4.79 Å². The van der Waals surface area contributed by atoms with Gasteiger partial charge in [0, 0.05) is 19.6 Å². The van der Waals surface area contributed by atoms with Gasteiger partial charge in [0.2, 0.25) is 0 Å². The third-order valence-corrected chi connectivity index (χ3v) is 1.92. The second-order valence-corrected chi connectivity index (χ2v) is 3.71. The highest BCUT2D eigenvalue weighted by atomic mass is 16.5. The smallest absolute Gasteiger partial charge is 0.304 e. The van der Waals surface area contributed by atoms with E-state index in [0.717, 1.165) is 5.57 Å². The first kappa shape index (κ1) is 15.1. The molecule has 0 atom stereocenters. The molecule has 5 nitrogen and oxygen atoms in total. The fraction of sp³-hybridized carbons (Fsp3) is 0.727. The number of hydrogen-bond acceptors (Lipinski definition) is 4. The van der Waals surface area contributed by atoms with Gasteiger partial charge in [0.1, 0.15) is 0 Å². The minimum Gasteiger partial charge on any atom is -0.481 e. The average molecular weight is 231 g/mol. The maximum atomic E-state index is 10.5.